The first-order valence-corrected chi connectivity index (χ1v) is 15.0. The Morgan fingerprint density at radius 2 is 2.02 bits per heavy atom. The Morgan fingerprint density at radius 1 is 1.21 bits per heavy atom. The van der Waals surface area contributed by atoms with Crippen molar-refractivity contribution in [3.63, 3.8) is 0 Å². The lowest BCUT2D eigenvalue weighted by Crippen LogP contribution is -2.33. The largest absolute Gasteiger partial charge is 0.396 e. The fraction of sp³-hybridized carbons (Fsp3) is 0.367. The Balaban J connectivity index is 0.000000328. The number of hydrogen-bond donors (Lipinski definition) is 2. The van der Waals surface area contributed by atoms with E-state index in [4.69, 9.17) is 5.73 Å². The lowest BCUT2D eigenvalue weighted by molar-refractivity contribution is -0.108. The van der Waals surface area contributed by atoms with Gasteiger partial charge in [-0.2, -0.15) is 9.47 Å². The first-order valence-electron chi connectivity index (χ1n) is 14.3. The number of halogens is 2. The Morgan fingerprint density at radius 3 is 2.74 bits per heavy atom. The molecule has 1 fully saturated rings. The summed E-state index contributed by atoms with van der Waals surface area (Å²) in [4.78, 5) is 22.5. The van der Waals surface area contributed by atoms with Crippen molar-refractivity contribution >= 4 is 40.0 Å². The molecule has 10 nitrogen and oxygen atoms in total. The van der Waals surface area contributed by atoms with Crippen LogP contribution in [0.4, 0.5) is 25.3 Å². The number of imidazole rings is 1. The van der Waals surface area contributed by atoms with E-state index >= 15 is 0 Å². The van der Waals surface area contributed by atoms with E-state index in [0.717, 1.165) is 71.2 Å². The molecular weight excluding hydrogens is 572 g/mol. The summed E-state index contributed by atoms with van der Waals surface area (Å²) in [6, 6.07) is 5.79. The number of aryl methyl sites for hydroxylation is 1. The highest BCUT2D eigenvalue weighted by molar-refractivity contribution is 7.10. The second kappa shape index (κ2) is 14.8. The fourth-order valence-corrected chi connectivity index (χ4v) is 5.48. The van der Waals surface area contributed by atoms with Gasteiger partial charge in [0.15, 0.2) is 23.1 Å². The number of benzene rings is 1. The standard InChI is InChI=1S/C22H26N8OS.C6H5F2N.C2H6/c1-15-4-3-5-28(11-15)14-18-8-20(32-27-18)26-21-22-23-10-19(30(22)12-16(2)25-21)17-9-24-29(13-17)6-7-31;7-4-2-1-3-5(9)6(4)8;1-2/h7-10,12-13,15H,3-6,11,14H2,1-2H3,(H,25,26);1-3H,9H2;1-2H3. The van der Waals surface area contributed by atoms with Gasteiger partial charge in [0, 0.05) is 31.0 Å². The number of nitrogen functional groups attached to an aromatic ring is 1. The number of nitrogens with one attached hydrogen (secondary N) is 1. The fourth-order valence-electron chi connectivity index (χ4n) is 4.82. The zero-order valence-electron chi connectivity index (χ0n) is 24.8. The molecule has 1 aromatic carbocycles. The van der Waals surface area contributed by atoms with E-state index in [0.29, 0.717) is 5.82 Å². The van der Waals surface area contributed by atoms with Crippen molar-refractivity contribution in [2.75, 3.05) is 24.1 Å². The monoisotopic (exact) mass is 609 g/mol. The smallest absolute Gasteiger partial charge is 0.181 e. The Labute approximate surface area is 253 Å². The molecule has 0 amide bonds. The minimum Gasteiger partial charge on any atom is -0.396 e. The number of fused-ring (bicyclic) bond motifs is 1. The summed E-state index contributed by atoms with van der Waals surface area (Å²) in [5, 5.41) is 8.61. The summed E-state index contributed by atoms with van der Waals surface area (Å²) < 4.78 is 32.6. The van der Waals surface area contributed by atoms with Gasteiger partial charge < -0.3 is 15.8 Å². The number of piperidine rings is 1. The molecule has 0 radical (unpaired) electrons. The maximum Gasteiger partial charge on any atom is 0.181 e. The molecule has 1 saturated heterocycles. The summed E-state index contributed by atoms with van der Waals surface area (Å²) in [6.07, 6.45) is 10.8. The van der Waals surface area contributed by atoms with Crippen LogP contribution in [0.5, 0.6) is 0 Å². The second-order valence-electron chi connectivity index (χ2n) is 10.1. The molecule has 43 heavy (non-hydrogen) atoms. The third kappa shape index (κ3) is 7.99. The molecule has 6 rings (SSSR count). The molecule has 1 aliphatic rings. The highest BCUT2D eigenvalue weighted by Crippen LogP contribution is 2.28. The first kappa shape index (κ1) is 31.7. The number of aldehydes is 1. The van der Waals surface area contributed by atoms with E-state index in [1.165, 1.54) is 36.5 Å². The number of anilines is 3. The maximum absolute atomic E-state index is 12.2. The Hall–Kier alpha value is -4.23. The molecule has 1 atom stereocenters. The van der Waals surface area contributed by atoms with Crippen molar-refractivity contribution < 1.29 is 13.6 Å². The van der Waals surface area contributed by atoms with Crippen molar-refractivity contribution in [3.8, 4) is 11.3 Å². The summed E-state index contributed by atoms with van der Waals surface area (Å²) >= 11 is 1.45. The number of carbonyl (C=O) groups excluding carboxylic acids is 1. The zero-order valence-corrected chi connectivity index (χ0v) is 25.6. The lowest BCUT2D eigenvalue weighted by atomic mass is 10.0. The average Bonchev–Trinajstić information content (AvgIpc) is 3.74. The van der Waals surface area contributed by atoms with E-state index in [-0.39, 0.29) is 12.2 Å². The number of likely N-dealkylation sites (tertiary alicyclic amines) is 1. The number of aromatic nitrogens is 6. The van der Waals surface area contributed by atoms with Crippen LogP contribution in [0.15, 0.2) is 49.1 Å². The highest BCUT2D eigenvalue weighted by atomic mass is 32.1. The first-order chi connectivity index (χ1) is 20.8. The number of nitrogens with zero attached hydrogens (tertiary/aromatic N) is 7. The van der Waals surface area contributed by atoms with Crippen LogP contribution in [0, 0.1) is 24.5 Å². The van der Waals surface area contributed by atoms with Crippen molar-refractivity contribution in [1.82, 2.24) is 33.4 Å². The molecule has 228 valence electrons. The molecule has 5 aromatic rings. The van der Waals surface area contributed by atoms with E-state index in [1.54, 1.807) is 17.1 Å². The summed E-state index contributed by atoms with van der Waals surface area (Å²) in [5.74, 6) is -0.434. The van der Waals surface area contributed by atoms with Crippen molar-refractivity contribution in [2.45, 2.75) is 53.6 Å². The van der Waals surface area contributed by atoms with Crippen LogP contribution >= 0.6 is 11.5 Å². The number of carbonyl (C=O) groups is 1. The van der Waals surface area contributed by atoms with E-state index in [9.17, 15) is 13.6 Å². The molecule has 0 bridgehead atoms. The molecule has 13 heteroatoms. The zero-order chi connectivity index (χ0) is 30.9. The van der Waals surface area contributed by atoms with Crippen LogP contribution in [-0.4, -0.2) is 52.8 Å². The van der Waals surface area contributed by atoms with Gasteiger partial charge in [0.05, 0.1) is 41.7 Å². The molecule has 0 saturated carbocycles. The number of hydrogen-bond acceptors (Lipinski definition) is 9. The van der Waals surface area contributed by atoms with Crippen molar-refractivity contribution in [2.24, 2.45) is 5.92 Å². The van der Waals surface area contributed by atoms with Gasteiger partial charge >= 0.3 is 0 Å². The third-order valence-electron chi connectivity index (χ3n) is 6.71. The molecule has 0 aliphatic carbocycles. The quantitative estimate of drug-likeness (QED) is 0.168. The second-order valence-corrected chi connectivity index (χ2v) is 10.9. The molecule has 1 aliphatic heterocycles. The van der Waals surface area contributed by atoms with Gasteiger partial charge in [-0.15, -0.1) is 0 Å². The molecule has 3 N–H and O–H groups in total. The van der Waals surface area contributed by atoms with Gasteiger partial charge in [-0.1, -0.05) is 26.8 Å². The van der Waals surface area contributed by atoms with Crippen molar-refractivity contribution in [3.05, 3.63) is 72.1 Å². The lowest BCUT2D eigenvalue weighted by Gasteiger charge is -2.30. The SMILES string of the molecule is CC.Cc1cn2c(-c3cnn(CC=O)c3)cnc2c(Nc2cc(CN3CCCC(C)C3)ns2)n1.Nc1cccc(F)c1F. The van der Waals surface area contributed by atoms with Gasteiger partial charge in [0.25, 0.3) is 0 Å². The van der Waals surface area contributed by atoms with Crippen LogP contribution in [-0.2, 0) is 17.9 Å². The van der Waals surface area contributed by atoms with Crippen LogP contribution in [0.3, 0.4) is 0 Å². The minimum atomic E-state index is -0.975. The summed E-state index contributed by atoms with van der Waals surface area (Å²) in [6.45, 7) is 11.7. The number of rotatable bonds is 7. The predicted octanol–water partition coefficient (Wildman–Crippen LogP) is 6.11. The van der Waals surface area contributed by atoms with Crippen LogP contribution in [0.1, 0.15) is 45.0 Å². The normalized spacial score (nSPS) is 14.9. The molecule has 1 unspecified atom stereocenters. The van der Waals surface area contributed by atoms with Crippen LogP contribution in [0.2, 0.25) is 0 Å². The van der Waals surface area contributed by atoms with Crippen LogP contribution < -0.4 is 11.1 Å². The molecule has 4 aromatic heterocycles. The van der Waals surface area contributed by atoms with Gasteiger partial charge in [0.1, 0.15) is 11.3 Å². The molecule has 5 heterocycles. The van der Waals surface area contributed by atoms with Crippen LogP contribution in [0.25, 0.3) is 16.9 Å². The van der Waals surface area contributed by atoms with Crippen molar-refractivity contribution in [1.29, 1.82) is 0 Å². The highest BCUT2D eigenvalue weighted by Gasteiger charge is 2.18. The van der Waals surface area contributed by atoms with Gasteiger partial charge in [-0.3, -0.25) is 14.0 Å². The van der Waals surface area contributed by atoms with E-state index in [2.05, 4.69) is 42.6 Å². The summed E-state index contributed by atoms with van der Waals surface area (Å²) in [7, 11) is 0. The molecule has 0 spiro atoms. The summed E-state index contributed by atoms with van der Waals surface area (Å²) in [5.41, 5.74) is 9.32. The minimum absolute atomic E-state index is 0.157. The third-order valence-corrected chi connectivity index (χ3v) is 7.45. The predicted molar refractivity (Wildman–Crippen MR) is 166 cm³/mol. The Bertz CT molecular complexity index is 1630. The van der Waals surface area contributed by atoms with E-state index in [1.807, 2.05) is 37.6 Å². The van der Waals surface area contributed by atoms with Gasteiger partial charge in [-0.25, -0.2) is 18.7 Å². The van der Waals surface area contributed by atoms with E-state index < -0.39 is 11.6 Å². The average molecular weight is 610 g/mol. The topological polar surface area (TPSA) is 119 Å². The van der Waals surface area contributed by atoms with Gasteiger partial charge in [0.2, 0.25) is 0 Å². The van der Waals surface area contributed by atoms with Gasteiger partial charge in [-0.05, 0) is 62.0 Å². The Kier molecular flexibility index (Phi) is 10.9. The maximum atomic E-state index is 12.2. The molecular formula is C30H37F2N9OS. The number of nitrogens with two attached hydrogens (primary N) is 1.